The Labute approximate surface area is 124 Å². The molecule has 0 spiro atoms. The number of carbonyl (C=O) groups excluding carboxylic acids is 2. The topological polar surface area (TPSA) is 55.4 Å². The third kappa shape index (κ3) is 5.26. The highest BCUT2D eigenvalue weighted by Gasteiger charge is 2.31. The molecule has 0 fully saturated rings. The number of esters is 1. The lowest BCUT2D eigenvalue weighted by molar-refractivity contribution is -0.150. The van der Waals surface area contributed by atoms with Crippen LogP contribution in [0, 0.1) is 5.92 Å². The van der Waals surface area contributed by atoms with E-state index in [0.717, 1.165) is 12.1 Å². The minimum absolute atomic E-state index is 0.0495. The number of benzene rings is 1. The summed E-state index contributed by atoms with van der Waals surface area (Å²) in [7, 11) is 0. The molecule has 0 heterocycles. The van der Waals surface area contributed by atoms with Crippen molar-refractivity contribution in [2.75, 3.05) is 11.9 Å². The van der Waals surface area contributed by atoms with E-state index < -0.39 is 36.1 Å². The summed E-state index contributed by atoms with van der Waals surface area (Å²) in [6, 6.07) is 2.54. The van der Waals surface area contributed by atoms with Crippen molar-refractivity contribution >= 4 is 29.2 Å². The predicted molar refractivity (Wildman–Crippen MR) is 70.9 cm³/mol. The first kappa shape index (κ1) is 17.3. The highest BCUT2D eigenvalue weighted by Crippen LogP contribution is 2.33. The van der Waals surface area contributed by atoms with Crippen LogP contribution in [0.1, 0.15) is 19.4 Å². The summed E-state index contributed by atoms with van der Waals surface area (Å²) in [5, 5.41) is 2.12. The second-order valence-corrected chi connectivity index (χ2v) is 4.91. The zero-order chi connectivity index (χ0) is 16.2. The first-order chi connectivity index (χ1) is 9.61. The van der Waals surface area contributed by atoms with E-state index in [0.29, 0.717) is 6.07 Å². The fraction of sp³-hybridized carbons (Fsp3) is 0.385. The first-order valence-electron chi connectivity index (χ1n) is 5.94. The van der Waals surface area contributed by atoms with Gasteiger partial charge in [0.25, 0.3) is 5.91 Å². The third-order valence-corrected chi connectivity index (χ3v) is 2.71. The molecular weight excluding hydrogens is 311 g/mol. The van der Waals surface area contributed by atoms with Crippen LogP contribution in [0.15, 0.2) is 18.2 Å². The lowest BCUT2D eigenvalue weighted by Crippen LogP contribution is -2.23. The number of ether oxygens (including phenoxy) is 1. The SMILES string of the molecule is CC(C)C(=O)OCC(=O)Nc1cc(C(F)(F)F)ccc1Cl. The van der Waals surface area contributed by atoms with Crippen LogP contribution in [0.3, 0.4) is 0 Å². The van der Waals surface area contributed by atoms with Gasteiger partial charge in [0.05, 0.1) is 22.2 Å². The molecule has 0 atom stereocenters. The Bertz CT molecular complexity index is 544. The van der Waals surface area contributed by atoms with Crippen LogP contribution in [0.25, 0.3) is 0 Å². The zero-order valence-corrected chi connectivity index (χ0v) is 12.0. The summed E-state index contributed by atoms with van der Waals surface area (Å²) in [5.41, 5.74) is -1.14. The molecule has 0 aliphatic heterocycles. The summed E-state index contributed by atoms with van der Waals surface area (Å²) in [4.78, 5) is 22.7. The molecular formula is C13H13ClF3NO3. The largest absolute Gasteiger partial charge is 0.455 e. The van der Waals surface area contributed by atoms with Crippen molar-refractivity contribution in [2.45, 2.75) is 20.0 Å². The Balaban J connectivity index is 2.74. The van der Waals surface area contributed by atoms with Crippen LogP contribution in [-0.2, 0) is 20.5 Å². The molecule has 21 heavy (non-hydrogen) atoms. The summed E-state index contributed by atoms with van der Waals surface area (Å²) in [6.07, 6.45) is -4.55. The highest BCUT2D eigenvalue weighted by molar-refractivity contribution is 6.33. The normalized spacial score (nSPS) is 11.4. The minimum atomic E-state index is -4.55. The average Bonchev–Trinajstić information content (AvgIpc) is 2.37. The van der Waals surface area contributed by atoms with Crippen molar-refractivity contribution in [1.82, 2.24) is 0 Å². The van der Waals surface area contributed by atoms with E-state index in [-0.39, 0.29) is 10.7 Å². The van der Waals surface area contributed by atoms with Gasteiger partial charge in [-0.3, -0.25) is 9.59 Å². The van der Waals surface area contributed by atoms with Crippen LogP contribution in [0.4, 0.5) is 18.9 Å². The number of hydrogen-bond donors (Lipinski definition) is 1. The van der Waals surface area contributed by atoms with Gasteiger partial charge in [-0.2, -0.15) is 13.2 Å². The standard InChI is InChI=1S/C13H13ClF3NO3/c1-7(2)12(20)21-6-11(19)18-10-5-8(13(15,16)17)3-4-9(10)14/h3-5,7H,6H2,1-2H3,(H,18,19). The van der Waals surface area contributed by atoms with E-state index in [1.54, 1.807) is 13.8 Å². The van der Waals surface area contributed by atoms with Gasteiger partial charge in [-0.05, 0) is 18.2 Å². The van der Waals surface area contributed by atoms with Gasteiger partial charge in [-0.15, -0.1) is 0 Å². The summed E-state index contributed by atoms with van der Waals surface area (Å²) < 4.78 is 42.3. The molecule has 0 unspecified atom stereocenters. The number of halogens is 4. The van der Waals surface area contributed by atoms with Gasteiger partial charge < -0.3 is 10.1 Å². The molecule has 116 valence electrons. The van der Waals surface area contributed by atoms with Crippen molar-refractivity contribution in [3.05, 3.63) is 28.8 Å². The molecule has 0 aliphatic carbocycles. The van der Waals surface area contributed by atoms with Gasteiger partial charge in [0.2, 0.25) is 0 Å². The molecule has 0 bridgehead atoms. The second kappa shape index (κ2) is 6.80. The maximum absolute atomic E-state index is 12.6. The van der Waals surface area contributed by atoms with Crippen molar-refractivity contribution in [1.29, 1.82) is 0 Å². The summed E-state index contributed by atoms with van der Waals surface area (Å²) in [5.74, 6) is -1.76. The first-order valence-corrected chi connectivity index (χ1v) is 6.32. The van der Waals surface area contributed by atoms with Crippen molar-refractivity contribution in [2.24, 2.45) is 5.92 Å². The lowest BCUT2D eigenvalue weighted by atomic mass is 10.2. The molecule has 0 radical (unpaired) electrons. The van der Waals surface area contributed by atoms with E-state index in [1.807, 2.05) is 0 Å². The maximum Gasteiger partial charge on any atom is 0.416 e. The molecule has 4 nitrogen and oxygen atoms in total. The molecule has 1 rings (SSSR count). The number of anilines is 1. The second-order valence-electron chi connectivity index (χ2n) is 4.50. The quantitative estimate of drug-likeness (QED) is 0.863. The number of nitrogens with one attached hydrogen (secondary N) is 1. The van der Waals surface area contributed by atoms with Crippen LogP contribution in [0.2, 0.25) is 5.02 Å². The maximum atomic E-state index is 12.6. The van der Waals surface area contributed by atoms with Gasteiger partial charge in [-0.25, -0.2) is 0 Å². The van der Waals surface area contributed by atoms with E-state index >= 15 is 0 Å². The Hall–Kier alpha value is -1.76. The van der Waals surface area contributed by atoms with Gasteiger partial charge >= 0.3 is 12.1 Å². The van der Waals surface area contributed by atoms with Gasteiger partial charge in [-0.1, -0.05) is 25.4 Å². The van der Waals surface area contributed by atoms with Crippen LogP contribution in [0.5, 0.6) is 0 Å². The van der Waals surface area contributed by atoms with Crippen LogP contribution >= 0.6 is 11.6 Å². The molecule has 0 saturated carbocycles. The van der Waals surface area contributed by atoms with Crippen LogP contribution < -0.4 is 5.32 Å². The van der Waals surface area contributed by atoms with Gasteiger partial charge in [0.1, 0.15) is 0 Å². The molecule has 0 saturated heterocycles. The Kier molecular flexibility index (Phi) is 5.60. The molecule has 0 aliphatic rings. The average molecular weight is 324 g/mol. The Morgan fingerprint density at radius 1 is 1.33 bits per heavy atom. The van der Waals surface area contributed by atoms with E-state index in [2.05, 4.69) is 10.1 Å². The van der Waals surface area contributed by atoms with E-state index in [1.165, 1.54) is 0 Å². The smallest absolute Gasteiger partial charge is 0.416 e. The zero-order valence-electron chi connectivity index (χ0n) is 11.3. The number of alkyl halides is 3. The number of hydrogen-bond acceptors (Lipinski definition) is 3. The van der Waals surface area contributed by atoms with Gasteiger partial charge in [0.15, 0.2) is 6.61 Å². The number of amides is 1. The Morgan fingerprint density at radius 2 is 1.95 bits per heavy atom. The van der Waals surface area contributed by atoms with Gasteiger partial charge in [0, 0.05) is 0 Å². The lowest BCUT2D eigenvalue weighted by Gasteiger charge is -2.12. The van der Waals surface area contributed by atoms with E-state index in [9.17, 15) is 22.8 Å². The summed E-state index contributed by atoms with van der Waals surface area (Å²) in [6.45, 7) is 2.58. The van der Waals surface area contributed by atoms with Crippen molar-refractivity contribution < 1.29 is 27.5 Å². The molecule has 1 N–H and O–H groups in total. The van der Waals surface area contributed by atoms with Crippen LogP contribution in [-0.4, -0.2) is 18.5 Å². The number of carbonyl (C=O) groups is 2. The third-order valence-electron chi connectivity index (χ3n) is 2.38. The fourth-order valence-electron chi connectivity index (χ4n) is 1.29. The van der Waals surface area contributed by atoms with E-state index in [4.69, 9.17) is 11.6 Å². The summed E-state index contributed by atoms with van der Waals surface area (Å²) >= 11 is 5.71. The molecule has 1 amide bonds. The highest BCUT2D eigenvalue weighted by atomic mass is 35.5. The minimum Gasteiger partial charge on any atom is -0.455 e. The fourth-order valence-corrected chi connectivity index (χ4v) is 1.45. The van der Waals surface area contributed by atoms with Crippen molar-refractivity contribution in [3.63, 3.8) is 0 Å². The van der Waals surface area contributed by atoms with Crippen molar-refractivity contribution in [3.8, 4) is 0 Å². The molecule has 8 heteroatoms. The molecule has 0 aromatic heterocycles. The number of rotatable bonds is 4. The predicted octanol–water partition coefficient (Wildman–Crippen LogP) is 3.50. The Morgan fingerprint density at radius 3 is 2.48 bits per heavy atom. The molecule has 1 aromatic carbocycles. The molecule has 1 aromatic rings. The monoisotopic (exact) mass is 323 g/mol.